The van der Waals surface area contributed by atoms with E-state index in [2.05, 4.69) is 17.2 Å². The van der Waals surface area contributed by atoms with Crippen LogP contribution in [0.2, 0.25) is 0 Å². The molecule has 0 fully saturated rings. The third kappa shape index (κ3) is 3.94. The van der Waals surface area contributed by atoms with Crippen LogP contribution in [0.1, 0.15) is 0 Å². The summed E-state index contributed by atoms with van der Waals surface area (Å²) in [6, 6.07) is 6.17. The smallest absolute Gasteiger partial charge is 0.292 e. The number of nitrogens with zero attached hydrogens (tertiary/aromatic N) is 1. The molecule has 6 nitrogen and oxygen atoms in total. The Kier molecular flexibility index (Phi) is 4.68. The second kappa shape index (κ2) is 6.26. The van der Waals surface area contributed by atoms with Crippen molar-refractivity contribution in [1.29, 1.82) is 0 Å². The quantitative estimate of drug-likeness (QED) is 0.442. The number of benzene rings is 1. The summed E-state index contributed by atoms with van der Waals surface area (Å²) in [7, 11) is 0. The molecule has 0 saturated carbocycles. The number of nitro groups is 1. The number of nitro benzene ring substituents is 1. The zero-order valence-electron chi connectivity index (χ0n) is 9.18. The van der Waals surface area contributed by atoms with Gasteiger partial charge in [-0.3, -0.25) is 14.9 Å². The highest BCUT2D eigenvalue weighted by Gasteiger charge is 2.12. The van der Waals surface area contributed by atoms with E-state index in [-0.39, 0.29) is 18.1 Å². The van der Waals surface area contributed by atoms with E-state index in [9.17, 15) is 14.9 Å². The van der Waals surface area contributed by atoms with Crippen molar-refractivity contribution in [3.05, 3.63) is 47.0 Å². The Labute approximate surface area is 98.5 Å². The summed E-state index contributed by atoms with van der Waals surface area (Å²) < 4.78 is 0. The van der Waals surface area contributed by atoms with Gasteiger partial charge in [0, 0.05) is 12.6 Å². The van der Waals surface area contributed by atoms with Crippen LogP contribution >= 0.6 is 0 Å². The number of hydrogen-bond donors (Lipinski definition) is 2. The van der Waals surface area contributed by atoms with Gasteiger partial charge in [-0.2, -0.15) is 0 Å². The van der Waals surface area contributed by atoms with Crippen LogP contribution < -0.4 is 10.6 Å². The number of nitrogens with one attached hydrogen (secondary N) is 2. The lowest BCUT2D eigenvalue weighted by Crippen LogP contribution is -2.29. The number of anilines is 1. The Morgan fingerprint density at radius 3 is 2.82 bits per heavy atom. The minimum Gasteiger partial charge on any atom is -0.371 e. The highest BCUT2D eigenvalue weighted by atomic mass is 16.6. The van der Waals surface area contributed by atoms with E-state index < -0.39 is 4.92 Å². The summed E-state index contributed by atoms with van der Waals surface area (Å²) in [5.74, 6) is -0.247. The molecule has 17 heavy (non-hydrogen) atoms. The molecule has 0 aliphatic carbocycles. The van der Waals surface area contributed by atoms with Gasteiger partial charge >= 0.3 is 0 Å². The van der Waals surface area contributed by atoms with Gasteiger partial charge in [0.2, 0.25) is 5.91 Å². The normalized spacial score (nSPS) is 9.41. The van der Waals surface area contributed by atoms with Crippen LogP contribution in [0.25, 0.3) is 0 Å². The summed E-state index contributed by atoms with van der Waals surface area (Å²) in [5.41, 5.74) is 0.273. The van der Waals surface area contributed by atoms with Crippen molar-refractivity contribution in [2.24, 2.45) is 0 Å². The predicted octanol–water partition coefficient (Wildman–Crippen LogP) is 1.31. The summed E-state index contributed by atoms with van der Waals surface area (Å²) in [5, 5.41) is 16.0. The lowest BCUT2D eigenvalue weighted by molar-refractivity contribution is -0.383. The Balaban J connectivity index is 2.60. The van der Waals surface area contributed by atoms with Crippen LogP contribution in [0.3, 0.4) is 0 Å². The second-order valence-corrected chi connectivity index (χ2v) is 3.22. The first-order valence-electron chi connectivity index (χ1n) is 5.00. The van der Waals surface area contributed by atoms with E-state index >= 15 is 0 Å². The molecular weight excluding hydrogens is 222 g/mol. The SMILES string of the molecule is C=CCNC(=O)CNc1ccccc1[N+](=O)[O-]. The molecule has 0 unspecified atom stereocenters. The molecule has 2 N–H and O–H groups in total. The minimum absolute atomic E-state index is 0.0152. The molecule has 0 bridgehead atoms. The third-order valence-corrected chi connectivity index (χ3v) is 1.98. The minimum atomic E-state index is -0.496. The van der Waals surface area contributed by atoms with Crippen molar-refractivity contribution in [3.8, 4) is 0 Å². The Bertz CT molecular complexity index is 432. The zero-order valence-corrected chi connectivity index (χ0v) is 9.18. The van der Waals surface area contributed by atoms with Crippen LogP contribution in [-0.2, 0) is 4.79 Å². The van der Waals surface area contributed by atoms with Crippen molar-refractivity contribution in [2.45, 2.75) is 0 Å². The van der Waals surface area contributed by atoms with Crippen molar-refractivity contribution in [1.82, 2.24) is 5.32 Å². The van der Waals surface area contributed by atoms with Crippen molar-refractivity contribution < 1.29 is 9.72 Å². The number of carbonyl (C=O) groups excluding carboxylic acids is 1. The van der Waals surface area contributed by atoms with E-state index in [1.54, 1.807) is 24.3 Å². The lowest BCUT2D eigenvalue weighted by Gasteiger charge is -2.06. The maximum Gasteiger partial charge on any atom is 0.292 e. The van der Waals surface area contributed by atoms with Crippen molar-refractivity contribution in [3.63, 3.8) is 0 Å². The Hall–Kier alpha value is -2.37. The molecule has 6 heteroatoms. The van der Waals surface area contributed by atoms with E-state index in [1.165, 1.54) is 6.07 Å². The molecular formula is C11H13N3O3. The maximum atomic E-state index is 11.3. The van der Waals surface area contributed by atoms with Crippen LogP contribution in [0.4, 0.5) is 11.4 Å². The fraction of sp³-hybridized carbons (Fsp3) is 0.182. The van der Waals surface area contributed by atoms with Crippen molar-refractivity contribution >= 4 is 17.3 Å². The topological polar surface area (TPSA) is 84.3 Å². The van der Waals surface area contributed by atoms with Gasteiger partial charge in [0.1, 0.15) is 5.69 Å². The molecule has 0 atom stereocenters. The standard InChI is InChI=1S/C11H13N3O3/c1-2-7-12-11(15)8-13-9-5-3-4-6-10(9)14(16)17/h2-6,13H,1,7-8H2,(H,12,15). The summed E-state index contributed by atoms with van der Waals surface area (Å²) in [4.78, 5) is 21.5. The van der Waals surface area contributed by atoms with Crippen molar-refractivity contribution in [2.75, 3.05) is 18.4 Å². The van der Waals surface area contributed by atoms with Gasteiger partial charge in [0.05, 0.1) is 11.5 Å². The molecule has 0 aromatic heterocycles. The number of rotatable bonds is 6. The molecule has 0 spiro atoms. The zero-order chi connectivity index (χ0) is 12.7. The van der Waals surface area contributed by atoms with E-state index in [1.807, 2.05) is 0 Å². The molecule has 0 heterocycles. The lowest BCUT2D eigenvalue weighted by atomic mass is 10.2. The van der Waals surface area contributed by atoms with Gasteiger partial charge in [-0.25, -0.2) is 0 Å². The van der Waals surface area contributed by atoms with Crippen LogP contribution in [0, 0.1) is 10.1 Å². The first-order chi connectivity index (χ1) is 8.15. The molecule has 1 aromatic rings. The van der Waals surface area contributed by atoms with Gasteiger partial charge in [-0.05, 0) is 6.07 Å². The average Bonchev–Trinajstić information content (AvgIpc) is 2.34. The molecule has 0 aliphatic rings. The van der Waals surface area contributed by atoms with Gasteiger partial charge in [-0.1, -0.05) is 18.2 Å². The van der Waals surface area contributed by atoms with Gasteiger partial charge in [0.25, 0.3) is 5.69 Å². The highest BCUT2D eigenvalue weighted by Crippen LogP contribution is 2.22. The fourth-order valence-electron chi connectivity index (χ4n) is 1.21. The highest BCUT2D eigenvalue weighted by molar-refractivity contribution is 5.81. The third-order valence-electron chi connectivity index (χ3n) is 1.98. The average molecular weight is 235 g/mol. The second-order valence-electron chi connectivity index (χ2n) is 3.22. The van der Waals surface area contributed by atoms with Crippen LogP contribution in [0.15, 0.2) is 36.9 Å². The van der Waals surface area contributed by atoms with Gasteiger partial charge < -0.3 is 10.6 Å². The Morgan fingerprint density at radius 2 is 2.18 bits per heavy atom. The fourth-order valence-corrected chi connectivity index (χ4v) is 1.21. The molecule has 1 rings (SSSR count). The summed E-state index contributed by atoms with van der Waals surface area (Å²) in [6.07, 6.45) is 1.56. The van der Waals surface area contributed by atoms with Crippen LogP contribution in [-0.4, -0.2) is 23.9 Å². The van der Waals surface area contributed by atoms with Crippen LogP contribution in [0.5, 0.6) is 0 Å². The largest absolute Gasteiger partial charge is 0.371 e. The van der Waals surface area contributed by atoms with E-state index in [0.717, 1.165) is 0 Å². The molecule has 0 saturated heterocycles. The molecule has 1 aromatic carbocycles. The van der Waals surface area contributed by atoms with Gasteiger partial charge in [-0.15, -0.1) is 6.58 Å². The molecule has 0 radical (unpaired) electrons. The number of amides is 1. The van der Waals surface area contributed by atoms with E-state index in [4.69, 9.17) is 0 Å². The molecule has 0 aliphatic heterocycles. The Morgan fingerprint density at radius 1 is 1.47 bits per heavy atom. The summed E-state index contributed by atoms with van der Waals surface area (Å²) in [6.45, 7) is 3.82. The predicted molar refractivity (Wildman–Crippen MR) is 64.8 cm³/mol. The van der Waals surface area contributed by atoms with Gasteiger partial charge in [0.15, 0.2) is 0 Å². The monoisotopic (exact) mass is 235 g/mol. The number of carbonyl (C=O) groups is 1. The maximum absolute atomic E-state index is 11.3. The van der Waals surface area contributed by atoms with E-state index in [0.29, 0.717) is 12.2 Å². The molecule has 90 valence electrons. The number of hydrogen-bond acceptors (Lipinski definition) is 4. The number of para-hydroxylation sites is 2. The molecule has 1 amide bonds. The first kappa shape index (κ1) is 12.7. The summed E-state index contributed by atoms with van der Waals surface area (Å²) >= 11 is 0. The first-order valence-corrected chi connectivity index (χ1v) is 5.00.